The Morgan fingerprint density at radius 3 is 2.40 bits per heavy atom. The second kappa shape index (κ2) is 9.93. The molecule has 0 aliphatic rings. The maximum atomic E-state index is 11.7. The number of thioether (sulfide) groups is 1. The molecule has 0 aromatic heterocycles. The molecule has 0 bridgehead atoms. The van der Waals surface area contributed by atoms with Crippen molar-refractivity contribution in [3.8, 4) is 0 Å². The normalized spacial score (nSPS) is 12.1. The predicted octanol–water partition coefficient (Wildman–Crippen LogP) is 2.44. The number of nitrogens with one attached hydrogen (secondary N) is 1. The highest BCUT2D eigenvalue weighted by atomic mass is 32.2. The van der Waals surface area contributed by atoms with Gasteiger partial charge in [-0.15, -0.1) is 11.8 Å². The number of carbonyl (C=O) groups excluding carboxylic acids is 2. The number of benzene rings is 1. The third-order valence-corrected chi connectivity index (χ3v) is 3.75. The molecule has 1 amide bonds. The largest absolute Gasteiger partial charge is 0.480 e. The van der Waals surface area contributed by atoms with Crippen LogP contribution in [0.15, 0.2) is 30.3 Å². The summed E-state index contributed by atoms with van der Waals surface area (Å²) in [5, 5.41) is 11.4. The van der Waals surface area contributed by atoms with Crippen molar-refractivity contribution in [2.75, 3.05) is 11.5 Å². The van der Waals surface area contributed by atoms with E-state index in [2.05, 4.69) is 5.32 Å². The number of ether oxygens (including phenoxy) is 2. The summed E-state index contributed by atoms with van der Waals surface area (Å²) >= 11 is 1.07. The SMILES string of the molecule is CC(C)(C)OC(=O)N[C@@H](CSCC(=O)OCc1ccccc1)C(=O)O. The molecule has 0 heterocycles. The summed E-state index contributed by atoms with van der Waals surface area (Å²) in [6.07, 6.45) is -0.813. The number of carboxylic acid groups (broad SMARTS) is 1. The van der Waals surface area contributed by atoms with Gasteiger partial charge in [0.25, 0.3) is 0 Å². The summed E-state index contributed by atoms with van der Waals surface area (Å²) in [5.41, 5.74) is 0.150. The zero-order valence-corrected chi connectivity index (χ0v) is 15.3. The van der Waals surface area contributed by atoms with Gasteiger partial charge in [0.1, 0.15) is 18.2 Å². The molecule has 0 unspecified atom stereocenters. The van der Waals surface area contributed by atoms with E-state index in [9.17, 15) is 14.4 Å². The lowest BCUT2D eigenvalue weighted by molar-refractivity contribution is -0.142. The Bertz CT molecular complexity index is 585. The Labute approximate surface area is 151 Å². The third-order valence-electron chi connectivity index (χ3n) is 2.74. The molecule has 0 aliphatic carbocycles. The number of carboxylic acids is 1. The van der Waals surface area contributed by atoms with Gasteiger partial charge in [-0.1, -0.05) is 30.3 Å². The van der Waals surface area contributed by atoms with Gasteiger partial charge >= 0.3 is 18.0 Å². The van der Waals surface area contributed by atoms with Crippen molar-refractivity contribution in [1.82, 2.24) is 5.32 Å². The smallest absolute Gasteiger partial charge is 0.408 e. The van der Waals surface area contributed by atoms with Crippen LogP contribution in [0, 0.1) is 0 Å². The van der Waals surface area contributed by atoms with Gasteiger partial charge in [0, 0.05) is 5.75 Å². The van der Waals surface area contributed by atoms with Crippen molar-refractivity contribution >= 4 is 29.8 Å². The van der Waals surface area contributed by atoms with Crippen molar-refractivity contribution < 1.29 is 29.0 Å². The number of amides is 1. The van der Waals surface area contributed by atoms with E-state index in [0.717, 1.165) is 17.3 Å². The first-order valence-electron chi connectivity index (χ1n) is 7.67. The van der Waals surface area contributed by atoms with Crippen LogP contribution in [0.1, 0.15) is 26.3 Å². The lowest BCUT2D eigenvalue weighted by Crippen LogP contribution is -2.45. The van der Waals surface area contributed by atoms with Gasteiger partial charge in [0.2, 0.25) is 0 Å². The number of hydrogen-bond donors (Lipinski definition) is 2. The lowest BCUT2D eigenvalue weighted by Gasteiger charge is -2.21. The molecule has 8 heteroatoms. The minimum absolute atomic E-state index is 0.00733. The summed E-state index contributed by atoms with van der Waals surface area (Å²) in [7, 11) is 0. The molecular formula is C17H23NO6S. The molecule has 1 atom stereocenters. The monoisotopic (exact) mass is 369 g/mol. The van der Waals surface area contributed by atoms with E-state index < -0.39 is 29.7 Å². The van der Waals surface area contributed by atoms with Gasteiger partial charge in [-0.3, -0.25) is 4.79 Å². The number of aliphatic carboxylic acids is 1. The van der Waals surface area contributed by atoms with Gasteiger partial charge in [-0.25, -0.2) is 9.59 Å². The molecule has 0 saturated carbocycles. The summed E-state index contributed by atoms with van der Waals surface area (Å²) < 4.78 is 10.1. The van der Waals surface area contributed by atoms with Crippen LogP contribution in [-0.4, -0.2) is 46.3 Å². The van der Waals surface area contributed by atoms with Gasteiger partial charge in [0.05, 0.1) is 5.75 Å². The average Bonchev–Trinajstić information content (AvgIpc) is 2.51. The summed E-state index contributed by atoms with van der Waals surface area (Å²) in [6, 6.07) is 8.08. The summed E-state index contributed by atoms with van der Waals surface area (Å²) in [5.74, 6) is -1.63. The van der Waals surface area contributed by atoms with Crippen LogP contribution >= 0.6 is 11.8 Å². The Kier molecular flexibility index (Phi) is 8.27. The highest BCUT2D eigenvalue weighted by molar-refractivity contribution is 8.00. The molecule has 0 aliphatic heterocycles. The van der Waals surface area contributed by atoms with Crippen LogP contribution in [0.3, 0.4) is 0 Å². The quantitative estimate of drug-likeness (QED) is 0.679. The van der Waals surface area contributed by atoms with E-state index in [1.165, 1.54) is 0 Å². The van der Waals surface area contributed by atoms with Gasteiger partial charge < -0.3 is 19.9 Å². The number of alkyl carbamates (subject to hydrolysis) is 1. The number of carbonyl (C=O) groups is 3. The molecule has 7 nitrogen and oxygen atoms in total. The molecule has 138 valence electrons. The lowest BCUT2D eigenvalue weighted by atomic mass is 10.2. The molecule has 2 N–H and O–H groups in total. The zero-order valence-electron chi connectivity index (χ0n) is 14.5. The topological polar surface area (TPSA) is 102 Å². The van der Waals surface area contributed by atoms with Crippen LogP contribution in [0.2, 0.25) is 0 Å². The van der Waals surface area contributed by atoms with Crippen molar-refractivity contribution in [2.24, 2.45) is 0 Å². The van der Waals surface area contributed by atoms with E-state index >= 15 is 0 Å². The molecule has 25 heavy (non-hydrogen) atoms. The molecule has 1 aromatic carbocycles. The predicted molar refractivity (Wildman–Crippen MR) is 94.4 cm³/mol. The van der Waals surface area contributed by atoms with Crippen molar-refractivity contribution in [2.45, 2.75) is 39.0 Å². The third kappa shape index (κ3) is 9.61. The molecule has 0 saturated heterocycles. The first-order valence-corrected chi connectivity index (χ1v) is 8.82. The minimum atomic E-state index is -1.20. The number of rotatable bonds is 8. The average molecular weight is 369 g/mol. The Balaban J connectivity index is 2.33. The fourth-order valence-electron chi connectivity index (χ4n) is 1.66. The van der Waals surface area contributed by atoms with E-state index in [0.29, 0.717) is 0 Å². The maximum Gasteiger partial charge on any atom is 0.408 e. The molecular weight excluding hydrogens is 346 g/mol. The molecule has 0 fully saturated rings. The van der Waals surface area contributed by atoms with E-state index in [1.54, 1.807) is 20.8 Å². The van der Waals surface area contributed by atoms with Crippen LogP contribution in [0.4, 0.5) is 4.79 Å². The van der Waals surface area contributed by atoms with Crippen LogP contribution < -0.4 is 5.32 Å². The molecule has 0 radical (unpaired) electrons. The van der Waals surface area contributed by atoms with E-state index in [1.807, 2.05) is 30.3 Å². The Morgan fingerprint density at radius 2 is 1.84 bits per heavy atom. The first-order chi connectivity index (χ1) is 11.7. The number of hydrogen-bond acceptors (Lipinski definition) is 6. The first kappa shape index (κ1) is 20.8. The van der Waals surface area contributed by atoms with Crippen LogP contribution in [0.25, 0.3) is 0 Å². The molecule has 1 rings (SSSR count). The highest BCUT2D eigenvalue weighted by Crippen LogP contribution is 2.09. The summed E-state index contributed by atoms with van der Waals surface area (Å²) in [4.78, 5) is 34.5. The van der Waals surface area contributed by atoms with Crippen molar-refractivity contribution in [3.05, 3.63) is 35.9 Å². The molecule has 1 aromatic rings. The standard InChI is InChI=1S/C17H23NO6S/c1-17(2,3)24-16(22)18-13(15(20)21)10-25-11-14(19)23-9-12-7-5-4-6-8-12/h4-8,13H,9-11H2,1-3H3,(H,18,22)(H,20,21)/t13-/m0/s1. The zero-order chi connectivity index (χ0) is 18.9. The number of esters is 1. The second-order valence-corrected chi connectivity index (χ2v) is 7.23. The Hall–Kier alpha value is -2.22. The fraction of sp³-hybridized carbons (Fsp3) is 0.471. The van der Waals surface area contributed by atoms with Crippen molar-refractivity contribution in [3.63, 3.8) is 0 Å². The second-order valence-electron chi connectivity index (χ2n) is 6.20. The van der Waals surface area contributed by atoms with Crippen LogP contribution in [0.5, 0.6) is 0 Å². The van der Waals surface area contributed by atoms with Crippen LogP contribution in [-0.2, 0) is 25.7 Å². The van der Waals surface area contributed by atoms with E-state index in [4.69, 9.17) is 14.6 Å². The minimum Gasteiger partial charge on any atom is -0.480 e. The van der Waals surface area contributed by atoms with Crippen molar-refractivity contribution in [1.29, 1.82) is 0 Å². The molecule has 0 spiro atoms. The van der Waals surface area contributed by atoms with Gasteiger partial charge in [-0.05, 0) is 26.3 Å². The highest BCUT2D eigenvalue weighted by Gasteiger charge is 2.24. The maximum absolute atomic E-state index is 11.7. The van der Waals surface area contributed by atoms with E-state index in [-0.39, 0.29) is 18.1 Å². The fourth-order valence-corrected chi connectivity index (χ4v) is 2.49. The van der Waals surface area contributed by atoms with Gasteiger partial charge in [-0.2, -0.15) is 0 Å². The summed E-state index contributed by atoms with van der Waals surface area (Å²) in [6.45, 7) is 5.21. The Morgan fingerprint density at radius 1 is 1.20 bits per heavy atom. The van der Waals surface area contributed by atoms with Gasteiger partial charge in [0.15, 0.2) is 0 Å².